The van der Waals surface area contributed by atoms with E-state index in [-0.39, 0.29) is 29.6 Å². The monoisotopic (exact) mass is 354 g/mol. The molecule has 1 aliphatic heterocycles. The SMILES string of the molecule is N#Cc1c(NS(N)(=O)=O)cccc1OCC1CCCCN1C(=O)O. The molecule has 0 aliphatic carbocycles. The van der Waals surface area contributed by atoms with Gasteiger partial charge in [-0.15, -0.1) is 0 Å². The molecule has 0 radical (unpaired) electrons. The van der Waals surface area contributed by atoms with Gasteiger partial charge >= 0.3 is 6.09 Å². The van der Waals surface area contributed by atoms with Crippen molar-refractivity contribution in [1.29, 1.82) is 5.26 Å². The van der Waals surface area contributed by atoms with Crippen molar-refractivity contribution >= 4 is 22.0 Å². The molecular weight excluding hydrogens is 336 g/mol. The van der Waals surface area contributed by atoms with Crippen LogP contribution in [0.5, 0.6) is 5.75 Å². The van der Waals surface area contributed by atoms with Gasteiger partial charge in [-0.1, -0.05) is 6.07 Å². The highest BCUT2D eigenvalue weighted by Crippen LogP contribution is 2.27. The Morgan fingerprint density at radius 3 is 2.88 bits per heavy atom. The second-order valence-corrected chi connectivity index (χ2v) is 6.67. The third-order valence-corrected chi connectivity index (χ3v) is 4.20. The van der Waals surface area contributed by atoms with Gasteiger partial charge in [0.05, 0.1) is 11.7 Å². The van der Waals surface area contributed by atoms with Crippen molar-refractivity contribution in [1.82, 2.24) is 4.90 Å². The van der Waals surface area contributed by atoms with E-state index in [2.05, 4.69) is 0 Å². The molecule has 1 unspecified atom stereocenters. The number of likely N-dealkylation sites (tertiary alicyclic amines) is 1. The number of nitrogens with two attached hydrogens (primary N) is 1. The average Bonchev–Trinajstić information content (AvgIpc) is 2.51. The zero-order valence-electron chi connectivity index (χ0n) is 12.8. The van der Waals surface area contributed by atoms with E-state index in [0.29, 0.717) is 13.0 Å². The van der Waals surface area contributed by atoms with Crippen LogP contribution >= 0.6 is 0 Å². The Balaban J connectivity index is 2.16. The quantitative estimate of drug-likeness (QED) is 0.721. The van der Waals surface area contributed by atoms with Gasteiger partial charge in [0, 0.05) is 6.54 Å². The van der Waals surface area contributed by atoms with Gasteiger partial charge < -0.3 is 14.7 Å². The fourth-order valence-corrected chi connectivity index (χ4v) is 3.09. The average molecular weight is 354 g/mol. The van der Waals surface area contributed by atoms with Crippen LogP contribution in [0.25, 0.3) is 0 Å². The number of benzene rings is 1. The molecule has 9 nitrogen and oxygen atoms in total. The number of nitrogens with one attached hydrogen (secondary N) is 1. The summed E-state index contributed by atoms with van der Waals surface area (Å²) in [5.74, 6) is 0.169. The Morgan fingerprint density at radius 1 is 1.50 bits per heavy atom. The number of piperidine rings is 1. The molecule has 1 saturated heterocycles. The molecule has 4 N–H and O–H groups in total. The lowest BCUT2D eigenvalue weighted by atomic mass is 10.0. The van der Waals surface area contributed by atoms with Gasteiger partial charge in [0.1, 0.15) is 24.0 Å². The van der Waals surface area contributed by atoms with Crippen molar-refractivity contribution in [3.63, 3.8) is 0 Å². The topological polar surface area (TPSA) is 146 Å². The number of hydrogen-bond acceptors (Lipinski definition) is 5. The number of hydrogen-bond donors (Lipinski definition) is 3. The molecule has 130 valence electrons. The van der Waals surface area contributed by atoms with Crippen LogP contribution in [0.15, 0.2) is 18.2 Å². The number of anilines is 1. The van der Waals surface area contributed by atoms with Crippen molar-refractivity contribution in [2.75, 3.05) is 17.9 Å². The first-order valence-electron chi connectivity index (χ1n) is 7.28. The Labute approximate surface area is 139 Å². The predicted molar refractivity (Wildman–Crippen MR) is 85.8 cm³/mol. The lowest BCUT2D eigenvalue weighted by Gasteiger charge is -2.33. The third kappa shape index (κ3) is 4.50. The molecule has 0 spiro atoms. The van der Waals surface area contributed by atoms with E-state index < -0.39 is 16.3 Å². The summed E-state index contributed by atoms with van der Waals surface area (Å²) in [7, 11) is -4.02. The van der Waals surface area contributed by atoms with E-state index in [1.807, 2.05) is 10.8 Å². The maximum Gasteiger partial charge on any atom is 0.407 e. The predicted octanol–water partition coefficient (Wildman–Crippen LogP) is 1.08. The Bertz CT molecular complexity index is 759. The molecule has 2 rings (SSSR count). The van der Waals surface area contributed by atoms with Crippen molar-refractivity contribution in [2.45, 2.75) is 25.3 Å². The second kappa shape index (κ2) is 7.37. The number of nitrogens with zero attached hydrogens (tertiary/aromatic N) is 2. The van der Waals surface area contributed by atoms with Crippen molar-refractivity contribution in [3.05, 3.63) is 23.8 Å². The molecule has 1 atom stereocenters. The summed E-state index contributed by atoms with van der Waals surface area (Å²) in [6, 6.07) is 5.98. The fraction of sp³-hybridized carbons (Fsp3) is 0.429. The van der Waals surface area contributed by atoms with Gasteiger partial charge in [-0.2, -0.15) is 13.7 Å². The Morgan fingerprint density at radius 2 is 2.25 bits per heavy atom. The van der Waals surface area contributed by atoms with Gasteiger partial charge in [0.2, 0.25) is 0 Å². The van der Waals surface area contributed by atoms with E-state index in [9.17, 15) is 23.6 Å². The third-order valence-electron chi connectivity index (χ3n) is 3.69. The zero-order chi connectivity index (χ0) is 17.7. The molecule has 0 bridgehead atoms. The maximum atomic E-state index is 11.2. The summed E-state index contributed by atoms with van der Waals surface area (Å²) in [5, 5.41) is 23.4. The van der Waals surface area contributed by atoms with E-state index in [4.69, 9.17) is 9.88 Å². The van der Waals surface area contributed by atoms with E-state index >= 15 is 0 Å². The van der Waals surface area contributed by atoms with Crippen LogP contribution in [0.4, 0.5) is 10.5 Å². The largest absolute Gasteiger partial charge is 0.490 e. The van der Waals surface area contributed by atoms with Crippen LogP contribution in [0.3, 0.4) is 0 Å². The summed E-state index contributed by atoms with van der Waals surface area (Å²) < 4.78 is 29.9. The molecule has 1 aliphatic rings. The minimum atomic E-state index is -4.02. The summed E-state index contributed by atoms with van der Waals surface area (Å²) in [4.78, 5) is 12.6. The van der Waals surface area contributed by atoms with Crippen LogP contribution < -0.4 is 14.6 Å². The second-order valence-electron chi connectivity index (χ2n) is 5.37. The van der Waals surface area contributed by atoms with Crippen molar-refractivity contribution < 1.29 is 23.1 Å². The first-order valence-corrected chi connectivity index (χ1v) is 8.82. The molecular formula is C14H18N4O5S. The lowest BCUT2D eigenvalue weighted by Crippen LogP contribution is -2.46. The van der Waals surface area contributed by atoms with E-state index in [1.54, 1.807) is 0 Å². The Hall–Kier alpha value is -2.51. The van der Waals surface area contributed by atoms with Gasteiger partial charge in [-0.3, -0.25) is 4.72 Å². The molecule has 10 heteroatoms. The summed E-state index contributed by atoms with van der Waals surface area (Å²) in [6.45, 7) is 0.529. The maximum absolute atomic E-state index is 11.2. The highest BCUT2D eigenvalue weighted by atomic mass is 32.2. The lowest BCUT2D eigenvalue weighted by molar-refractivity contribution is 0.0837. The summed E-state index contributed by atoms with van der Waals surface area (Å²) in [6.07, 6.45) is 1.37. The molecule has 1 aromatic rings. The molecule has 1 heterocycles. The van der Waals surface area contributed by atoms with Gasteiger partial charge in [0.25, 0.3) is 10.2 Å². The number of nitriles is 1. The molecule has 1 amide bonds. The Kier molecular flexibility index (Phi) is 5.48. The molecule has 1 aromatic carbocycles. The smallest absolute Gasteiger partial charge is 0.407 e. The highest BCUT2D eigenvalue weighted by molar-refractivity contribution is 7.90. The van der Waals surface area contributed by atoms with E-state index in [1.165, 1.54) is 23.1 Å². The molecule has 24 heavy (non-hydrogen) atoms. The van der Waals surface area contributed by atoms with Gasteiger partial charge in [0.15, 0.2) is 0 Å². The van der Waals surface area contributed by atoms with Crippen LogP contribution in [-0.4, -0.2) is 43.7 Å². The number of carbonyl (C=O) groups is 1. The van der Waals surface area contributed by atoms with Crippen LogP contribution in [0.2, 0.25) is 0 Å². The van der Waals surface area contributed by atoms with Crippen LogP contribution in [-0.2, 0) is 10.2 Å². The van der Waals surface area contributed by atoms with E-state index in [0.717, 1.165) is 12.8 Å². The molecule has 1 fully saturated rings. The minimum Gasteiger partial charge on any atom is -0.490 e. The first-order chi connectivity index (χ1) is 11.3. The van der Waals surface area contributed by atoms with Crippen LogP contribution in [0.1, 0.15) is 24.8 Å². The zero-order valence-corrected chi connectivity index (χ0v) is 13.6. The first kappa shape index (κ1) is 17.8. The summed E-state index contributed by atoms with van der Waals surface area (Å²) >= 11 is 0. The van der Waals surface area contributed by atoms with Crippen molar-refractivity contribution in [3.8, 4) is 11.8 Å². The van der Waals surface area contributed by atoms with Gasteiger partial charge in [-0.05, 0) is 31.4 Å². The highest BCUT2D eigenvalue weighted by Gasteiger charge is 2.27. The normalized spacial score (nSPS) is 17.8. The standard InChI is InChI=1S/C14H18N4O5S/c15-8-11-12(17-24(16,21)22)5-3-6-13(11)23-9-10-4-1-2-7-18(10)14(19)20/h3,5-6,10,17H,1-2,4,7,9H2,(H,19,20)(H2,16,21,22). The minimum absolute atomic E-state index is 0.00999. The molecule has 0 aromatic heterocycles. The van der Waals surface area contributed by atoms with Crippen molar-refractivity contribution in [2.24, 2.45) is 5.14 Å². The van der Waals surface area contributed by atoms with Gasteiger partial charge in [-0.25, -0.2) is 9.93 Å². The summed E-state index contributed by atoms with van der Waals surface area (Å²) in [5.41, 5.74) is 0.000411. The number of ether oxygens (including phenoxy) is 1. The number of rotatable bonds is 5. The number of amides is 1. The number of carboxylic acid groups (broad SMARTS) is 1. The fourth-order valence-electron chi connectivity index (χ4n) is 2.62. The molecule has 0 saturated carbocycles. The van der Waals surface area contributed by atoms with Crippen LogP contribution in [0, 0.1) is 11.3 Å².